The van der Waals surface area contributed by atoms with Gasteiger partial charge in [-0.15, -0.1) is 0 Å². The van der Waals surface area contributed by atoms with Gasteiger partial charge < -0.3 is 10.0 Å². The smallest absolute Gasteiger partial charge is 0.237 e. The molecule has 2 unspecified atom stereocenters. The summed E-state index contributed by atoms with van der Waals surface area (Å²) in [6, 6.07) is 0. The maximum Gasteiger partial charge on any atom is 0.237 e. The summed E-state index contributed by atoms with van der Waals surface area (Å²) in [4.78, 5) is 13.0. The van der Waals surface area contributed by atoms with Gasteiger partial charge in [0.2, 0.25) is 5.91 Å². The van der Waals surface area contributed by atoms with Crippen molar-refractivity contribution in [2.45, 2.75) is 19.4 Å². The summed E-state index contributed by atoms with van der Waals surface area (Å²) in [5.41, 5.74) is 0. The Balaban J connectivity index is 2.55. The molecule has 0 aliphatic carbocycles. The molecule has 0 aromatic carbocycles. The van der Waals surface area contributed by atoms with Crippen LogP contribution in [-0.2, 0) is 14.6 Å². The number of carbonyl (C=O) groups is 1. The highest BCUT2D eigenvalue weighted by molar-refractivity contribution is 7.91. The van der Waals surface area contributed by atoms with Gasteiger partial charge in [0.25, 0.3) is 0 Å². The lowest BCUT2D eigenvalue weighted by Crippen LogP contribution is -2.46. The number of carbonyl (C=O) groups excluding carboxylic acids is 1. The Kier molecular flexibility index (Phi) is 3.72. The number of likely N-dealkylation sites (tertiary alicyclic amines) is 1. The van der Waals surface area contributed by atoms with Gasteiger partial charge in [0.1, 0.15) is 5.75 Å². The number of piperidine rings is 1. The molecule has 6 heteroatoms. The molecule has 0 radical (unpaired) electrons. The van der Waals surface area contributed by atoms with Crippen LogP contribution in [-0.4, -0.2) is 55.5 Å². The van der Waals surface area contributed by atoms with E-state index < -0.39 is 15.6 Å². The lowest BCUT2D eigenvalue weighted by atomic mass is 9.97. The van der Waals surface area contributed by atoms with Crippen LogP contribution in [0, 0.1) is 5.92 Å². The summed E-state index contributed by atoms with van der Waals surface area (Å²) in [6.45, 7) is 2.74. The fourth-order valence-electron chi connectivity index (χ4n) is 1.68. The Labute approximate surface area is 90.0 Å². The number of amides is 1. The van der Waals surface area contributed by atoms with E-state index in [4.69, 9.17) is 0 Å². The van der Waals surface area contributed by atoms with Crippen molar-refractivity contribution in [1.82, 2.24) is 4.90 Å². The molecule has 1 aliphatic heterocycles. The first kappa shape index (κ1) is 12.4. The fourth-order valence-corrected chi connectivity index (χ4v) is 2.31. The number of sulfone groups is 1. The van der Waals surface area contributed by atoms with Crippen LogP contribution in [0.15, 0.2) is 0 Å². The molecule has 1 heterocycles. The molecule has 0 spiro atoms. The highest BCUT2D eigenvalue weighted by Gasteiger charge is 2.28. The summed E-state index contributed by atoms with van der Waals surface area (Å²) in [6.07, 6.45) is 1.19. The second kappa shape index (κ2) is 4.49. The topological polar surface area (TPSA) is 74.7 Å². The van der Waals surface area contributed by atoms with Gasteiger partial charge in [-0.25, -0.2) is 8.42 Å². The Hall–Kier alpha value is -0.620. The van der Waals surface area contributed by atoms with Crippen molar-refractivity contribution in [3.05, 3.63) is 0 Å². The first-order chi connectivity index (χ1) is 6.79. The molecule has 0 aromatic rings. The van der Waals surface area contributed by atoms with Gasteiger partial charge >= 0.3 is 0 Å². The summed E-state index contributed by atoms with van der Waals surface area (Å²) < 4.78 is 21.9. The molecule has 0 bridgehead atoms. The molecule has 1 fully saturated rings. The third kappa shape index (κ3) is 3.79. The maximum atomic E-state index is 11.5. The largest absolute Gasteiger partial charge is 0.393 e. The molecule has 15 heavy (non-hydrogen) atoms. The lowest BCUT2D eigenvalue weighted by molar-refractivity contribution is -0.131. The van der Waals surface area contributed by atoms with Crippen LogP contribution in [0.4, 0.5) is 0 Å². The molecule has 2 atom stereocenters. The molecule has 88 valence electrons. The number of rotatable bonds is 2. The van der Waals surface area contributed by atoms with Crippen molar-refractivity contribution < 1.29 is 18.3 Å². The van der Waals surface area contributed by atoms with Crippen LogP contribution in [0.25, 0.3) is 0 Å². The predicted octanol–water partition coefficient (Wildman–Crippen LogP) is -0.740. The molecule has 1 amide bonds. The van der Waals surface area contributed by atoms with Crippen molar-refractivity contribution >= 4 is 15.7 Å². The molecular formula is C9H17NO4S. The highest BCUT2D eigenvalue weighted by atomic mass is 32.2. The van der Waals surface area contributed by atoms with E-state index in [-0.39, 0.29) is 17.9 Å². The average Bonchev–Trinajstić information content (AvgIpc) is 2.06. The molecule has 0 aromatic heterocycles. The SMILES string of the molecule is CC1CN(C(=O)CS(C)(=O)=O)CCC1O. The standard InChI is InChI=1S/C9H17NO4S/c1-7-5-10(4-3-8(7)11)9(12)6-15(2,13)14/h7-8,11H,3-6H2,1-2H3. The van der Waals surface area contributed by atoms with Crippen LogP contribution in [0.3, 0.4) is 0 Å². The molecular weight excluding hydrogens is 218 g/mol. The number of hydrogen-bond acceptors (Lipinski definition) is 4. The quantitative estimate of drug-likeness (QED) is 0.684. The van der Waals surface area contributed by atoms with E-state index in [2.05, 4.69) is 0 Å². The molecule has 1 saturated heterocycles. The molecule has 1 rings (SSSR count). The predicted molar refractivity (Wildman–Crippen MR) is 56.1 cm³/mol. The normalized spacial score (nSPS) is 27.8. The van der Waals surface area contributed by atoms with Gasteiger partial charge in [0.15, 0.2) is 9.84 Å². The van der Waals surface area contributed by atoms with Crippen molar-refractivity contribution in [2.75, 3.05) is 25.1 Å². The summed E-state index contributed by atoms with van der Waals surface area (Å²) in [5.74, 6) is -0.783. The van der Waals surface area contributed by atoms with Crippen LogP contribution < -0.4 is 0 Å². The van der Waals surface area contributed by atoms with Crippen molar-refractivity contribution in [2.24, 2.45) is 5.92 Å². The molecule has 1 N–H and O–H groups in total. The number of nitrogens with zero attached hydrogens (tertiary/aromatic N) is 1. The van der Waals surface area contributed by atoms with Crippen LogP contribution >= 0.6 is 0 Å². The van der Waals surface area contributed by atoms with Crippen LogP contribution in [0.5, 0.6) is 0 Å². The highest BCUT2D eigenvalue weighted by Crippen LogP contribution is 2.16. The second-order valence-corrected chi connectivity index (χ2v) is 6.38. The Bertz CT molecular complexity index is 338. The molecule has 1 aliphatic rings. The van der Waals surface area contributed by atoms with Crippen molar-refractivity contribution in [1.29, 1.82) is 0 Å². The number of aliphatic hydroxyl groups excluding tert-OH is 1. The minimum Gasteiger partial charge on any atom is -0.393 e. The number of aliphatic hydroxyl groups is 1. The van der Waals surface area contributed by atoms with Crippen molar-refractivity contribution in [3.63, 3.8) is 0 Å². The molecule has 5 nitrogen and oxygen atoms in total. The van der Waals surface area contributed by atoms with Gasteiger partial charge in [0, 0.05) is 19.3 Å². The lowest BCUT2D eigenvalue weighted by Gasteiger charge is -2.34. The Morgan fingerprint density at radius 3 is 2.60 bits per heavy atom. The summed E-state index contributed by atoms with van der Waals surface area (Å²) in [7, 11) is -3.26. The van der Waals surface area contributed by atoms with E-state index in [1.165, 1.54) is 4.90 Å². The number of hydrogen-bond donors (Lipinski definition) is 1. The van der Waals surface area contributed by atoms with Crippen LogP contribution in [0.1, 0.15) is 13.3 Å². The zero-order valence-electron chi connectivity index (χ0n) is 9.01. The maximum absolute atomic E-state index is 11.5. The third-order valence-electron chi connectivity index (χ3n) is 2.60. The minimum absolute atomic E-state index is 0.0160. The summed E-state index contributed by atoms with van der Waals surface area (Å²) in [5, 5.41) is 9.45. The van der Waals surface area contributed by atoms with E-state index in [0.717, 1.165) is 6.26 Å². The van der Waals surface area contributed by atoms with Gasteiger partial charge in [-0.05, 0) is 12.3 Å². The third-order valence-corrected chi connectivity index (χ3v) is 3.37. The fraction of sp³-hybridized carbons (Fsp3) is 0.889. The van der Waals surface area contributed by atoms with Gasteiger partial charge in [-0.3, -0.25) is 4.79 Å². The first-order valence-corrected chi connectivity index (χ1v) is 6.99. The monoisotopic (exact) mass is 235 g/mol. The van der Waals surface area contributed by atoms with Gasteiger partial charge in [0.05, 0.1) is 6.10 Å². The van der Waals surface area contributed by atoms with E-state index in [1.807, 2.05) is 6.92 Å². The van der Waals surface area contributed by atoms with E-state index >= 15 is 0 Å². The van der Waals surface area contributed by atoms with Gasteiger partial charge in [-0.1, -0.05) is 6.92 Å². The van der Waals surface area contributed by atoms with E-state index in [0.29, 0.717) is 19.5 Å². The second-order valence-electron chi connectivity index (χ2n) is 4.24. The van der Waals surface area contributed by atoms with Gasteiger partial charge in [-0.2, -0.15) is 0 Å². The zero-order valence-corrected chi connectivity index (χ0v) is 9.83. The Morgan fingerprint density at radius 1 is 1.53 bits per heavy atom. The zero-order chi connectivity index (χ0) is 11.6. The van der Waals surface area contributed by atoms with E-state index in [9.17, 15) is 18.3 Å². The average molecular weight is 235 g/mol. The first-order valence-electron chi connectivity index (χ1n) is 4.93. The Morgan fingerprint density at radius 2 is 2.13 bits per heavy atom. The van der Waals surface area contributed by atoms with E-state index in [1.54, 1.807) is 0 Å². The van der Waals surface area contributed by atoms with Crippen LogP contribution in [0.2, 0.25) is 0 Å². The minimum atomic E-state index is -3.26. The molecule has 0 saturated carbocycles. The van der Waals surface area contributed by atoms with Crippen molar-refractivity contribution in [3.8, 4) is 0 Å². The summed E-state index contributed by atoms with van der Waals surface area (Å²) >= 11 is 0.